The molecule has 0 saturated carbocycles. The van der Waals surface area contributed by atoms with Gasteiger partial charge in [-0.05, 0) is 92.7 Å². The zero-order chi connectivity index (χ0) is 34.1. The fourth-order valence-corrected chi connectivity index (χ4v) is 8.75. The predicted molar refractivity (Wildman–Crippen MR) is 218 cm³/mol. The minimum absolute atomic E-state index is 0.0743. The average molecular weight is 647 g/mol. The summed E-state index contributed by atoms with van der Waals surface area (Å²) in [5.74, 6) is 0. The number of allylic oxidation sites excluding steroid dienone is 1. The van der Waals surface area contributed by atoms with Crippen LogP contribution in [0.5, 0.6) is 0 Å². The Morgan fingerprint density at radius 1 is 0.490 bits per heavy atom. The number of unbranched alkanes of at least 4 members (excludes halogenated alkanes) is 10. The Morgan fingerprint density at radius 3 is 1.43 bits per heavy atom. The van der Waals surface area contributed by atoms with Gasteiger partial charge >= 0.3 is 0 Å². The van der Waals surface area contributed by atoms with E-state index in [9.17, 15) is 0 Å². The van der Waals surface area contributed by atoms with Crippen molar-refractivity contribution >= 4 is 39.8 Å². The van der Waals surface area contributed by atoms with Gasteiger partial charge in [-0.1, -0.05) is 200 Å². The van der Waals surface area contributed by atoms with Crippen molar-refractivity contribution in [1.82, 2.24) is 0 Å². The molecule has 254 valence electrons. The van der Waals surface area contributed by atoms with Gasteiger partial charge in [0.15, 0.2) is 0 Å². The van der Waals surface area contributed by atoms with Crippen LogP contribution in [-0.4, -0.2) is 0 Å². The van der Waals surface area contributed by atoms with E-state index in [0.29, 0.717) is 0 Å². The van der Waals surface area contributed by atoms with Crippen LogP contribution in [0.1, 0.15) is 144 Å². The molecule has 0 heterocycles. The van der Waals surface area contributed by atoms with Gasteiger partial charge in [0.25, 0.3) is 0 Å². The Balaban J connectivity index is 1.42. The van der Waals surface area contributed by atoms with Gasteiger partial charge in [-0.3, -0.25) is 0 Å². The average Bonchev–Trinajstić information content (AvgIpc) is 3.39. The van der Waals surface area contributed by atoms with Gasteiger partial charge in [-0.2, -0.15) is 0 Å². The van der Waals surface area contributed by atoms with Crippen LogP contribution in [0.4, 0.5) is 0 Å². The summed E-state index contributed by atoms with van der Waals surface area (Å²) in [6, 6.07) is 32.5. The number of benzene rings is 5. The standard InChI is InChI=1S/C49H58/c1-5-8-10-12-14-20-33-49(34-21-15-13-11-9-6-2)47-35-38(22-7-3)28-31-45(47)46-32-29-39(36-48(46)49)27-30-44-42-25-18-16-23-40(42)37(4)41-24-17-19-26-43(41)44/h7,16-19,22-32,35-36H,5-6,8-15,20-21,33-34H2,1-4H3. The van der Waals surface area contributed by atoms with Gasteiger partial charge in [-0.25, -0.2) is 0 Å². The van der Waals surface area contributed by atoms with E-state index in [0.717, 1.165) is 0 Å². The number of hydrogen-bond acceptors (Lipinski definition) is 0. The van der Waals surface area contributed by atoms with Crippen molar-refractivity contribution in [3.8, 4) is 11.1 Å². The fourth-order valence-electron chi connectivity index (χ4n) is 8.75. The van der Waals surface area contributed by atoms with Crippen LogP contribution in [0.2, 0.25) is 0 Å². The number of hydrogen-bond donors (Lipinski definition) is 0. The second kappa shape index (κ2) is 16.7. The summed E-state index contributed by atoms with van der Waals surface area (Å²) in [5, 5.41) is 5.36. The van der Waals surface area contributed by atoms with Crippen molar-refractivity contribution in [2.45, 2.75) is 123 Å². The smallest absolute Gasteiger partial charge is 0.0215 e. The number of aryl methyl sites for hydroxylation is 1. The van der Waals surface area contributed by atoms with E-state index in [4.69, 9.17) is 0 Å². The van der Waals surface area contributed by atoms with Crippen molar-refractivity contribution in [3.63, 3.8) is 0 Å². The highest BCUT2D eigenvalue weighted by Gasteiger charge is 2.42. The lowest BCUT2D eigenvalue weighted by Crippen LogP contribution is -2.25. The van der Waals surface area contributed by atoms with Gasteiger partial charge in [0.1, 0.15) is 0 Å². The topological polar surface area (TPSA) is 0 Å². The second-order valence-electron chi connectivity index (χ2n) is 14.7. The van der Waals surface area contributed by atoms with E-state index < -0.39 is 0 Å². The van der Waals surface area contributed by atoms with Gasteiger partial charge in [-0.15, -0.1) is 0 Å². The normalized spacial score (nSPS) is 13.6. The molecule has 0 radical (unpaired) electrons. The lowest BCUT2D eigenvalue weighted by atomic mass is 9.70. The molecule has 0 nitrogen and oxygen atoms in total. The molecular formula is C49H58. The van der Waals surface area contributed by atoms with Crippen LogP contribution in [0.25, 0.3) is 50.9 Å². The highest BCUT2D eigenvalue weighted by atomic mass is 14.4. The molecule has 49 heavy (non-hydrogen) atoms. The molecule has 0 unspecified atom stereocenters. The van der Waals surface area contributed by atoms with Gasteiger partial charge in [0.2, 0.25) is 0 Å². The van der Waals surface area contributed by atoms with Crippen LogP contribution < -0.4 is 0 Å². The van der Waals surface area contributed by atoms with Crippen molar-refractivity contribution in [2.75, 3.05) is 0 Å². The molecule has 0 saturated heterocycles. The van der Waals surface area contributed by atoms with Crippen molar-refractivity contribution in [1.29, 1.82) is 0 Å². The zero-order valence-electron chi connectivity index (χ0n) is 30.8. The summed E-state index contributed by atoms with van der Waals surface area (Å²) in [6.07, 6.45) is 27.8. The lowest BCUT2D eigenvalue weighted by Gasteiger charge is -2.33. The van der Waals surface area contributed by atoms with E-state index in [1.54, 1.807) is 11.1 Å². The molecule has 0 heteroatoms. The second-order valence-corrected chi connectivity index (χ2v) is 14.7. The highest BCUT2D eigenvalue weighted by Crippen LogP contribution is 2.55. The summed E-state index contributed by atoms with van der Waals surface area (Å²) in [6.45, 7) is 9.05. The summed E-state index contributed by atoms with van der Waals surface area (Å²) in [4.78, 5) is 0. The third-order valence-electron chi connectivity index (χ3n) is 11.4. The minimum atomic E-state index is 0.0743. The molecule has 0 fully saturated rings. The Bertz CT molecular complexity index is 1840. The highest BCUT2D eigenvalue weighted by molar-refractivity contribution is 6.10. The summed E-state index contributed by atoms with van der Waals surface area (Å²) >= 11 is 0. The lowest BCUT2D eigenvalue weighted by molar-refractivity contribution is 0.398. The Kier molecular flexibility index (Phi) is 11.9. The van der Waals surface area contributed by atoms with Gasteiger partial charge in [0, 0.05) is 5.41 Å². The Hall–Kier alpha value is -3.90. The number of fused-ring (bicyclic) bond motifs is 5. The van der Waals surface area contributed by atoms with Gasteiger partial charge in [0.05, 0.1) is 0 Å². The molecular weight excluding hydrogens is 589 g/mol. The summed E-state index contributed by atoms with van der Waals surface area (Å²) < 4.78 is 0. The van der Waals surface area contributed by atoms with E-state index in [1.165, 1.54) is 145 Å². The number of rotatable bonds is 17. The first kappa shape index (κ1) is 34.9. The maximum atomic E-state index is 2.58. The first-order chi connectivity index (χ1) is 24.1. The third kappa shape index (κ3) is 7.50. The molecule has 0 amide bonds. The zero-order valence-corrected chi connectivity index (χ0v) is 30.8. The van der Waals surface area contributed by atoms with Crippen LogP contribution in [-0.2, 0) is 5.41 Å². The van der Waals surface area contributed by atoms with Crippen LogP contribution >= 0.6 is 0 Å². The quantitative estimate of drug-likeness (QED) is 0.0536. The molecule has 1 aliphatic rings. The summed E-state index contributed by atoms with van der Waals surface area (Å²) in [7, 11) is 0. The maximum absolute atomic E-state index is 2.58. The molecule has 6 rings (SSSR count). The van der Waals surface area contributed by atoms with Crippen LogP contribution in [0, 0.1) is 6.92 Å². The van der Waals surface area contributed by atoms with Crippen LogP contribution in [0.3, 0.4) is 0 Å². The molecule has 0 bridgehead atoms. The van der Waals surface area contributed by atoms with E-state index in [1.807, 2.05) is 0 Å². The van der Waals surface area contributed by atoms with Crippen molar-refractivity contribution in [3.05, 3.63) is 124 Å². The van der Waals surface area contributed by atoms with E-state index >= 15 is 0 Å². The first-order valence-electron chi connectivity index (χ1n) is 19.6. The fraction of sp³-hybridized carbons (Fsp3) is 0.388. The van der Waals surface area contributed by atoms with E-state index in [-0.39, 0.29) is 5.41 Å². The van der Waals surface area contributed by atoms with Crippen LogP contribution in [0.15, 0.2) is 91.0 Å². The predicted octanol–water partition coefficient (Wildman–Crippen LogP) is 15.3. The summed E-state index contributed by atoms with van der Waals surface area (Å²) in [5.41, 5.74) is 11.5. The van der Waals surface area contributed by atoms with Gasteiger partial charge < -0.3 is 0 Å². The molecule has 0 aromatic heterocycles. The largest absolute Gasteiger partial charge is 0.0871 e. The van der Waals surface area contributed by atoms with E-state index in [2.05, 4.69) is 137 Å². The SMILES string of the molecule is CC=Cc1ccc2c(c1)C(CCCCCCCC)(CCCCCCCC)c1cc(C=Cc3c4ccccc4c(C)c4ccccc34)ccc1-2. The molecule has 5 aromatic carbocycles. The molecule has 0 aliphatic heterocycles. The maximum Gasteiger partial charge on any atom is 0.0215 e. The molecule has 5 aromatic rings. The molecule has 0 atom stereocenters. The Labute approximate surface area is 297 Å². The molecule has 0 N–H and O–H groups in total. The first-order valence-corrected chi connectivity index (χ1v) is 19.6. The monoisotopic (exact) mass is 646 g/mol. The Morgan fingerprint density at radius 2 is 0.939 bits per heavy atom. The third-order valence-corrected chi connectivity index (χ3v) is 11.4. The minimum Gasteiger partial charge on any atom is -0.0871 e. The van der Waals surface area contributed by atoms with Crippen molar-refractivity contribution in [2.24, 2.45) is 0 Å². The molecule has 0 spiro atoms. The van der Waals surface area contributed by atoms with Crippen molar-refractivity contribution < 1.29 is 0 Å². The molecule has 1 aliphatic carbocycles.